The van der Waals surface area contributed by atoms with Crippen molar-refractivity contribution in [3.8, 4) is 0 Å². The summed E-state index contributed by atoms with van der Waals surface area (Å²) in [7, 11) is 0. The Morgan fingerprint density at radius 2 is 1.77 bits per heavy atom. The fraction of sp³-hybridized carbons (Fsp3) is 0.842. The maximum atomic E-state index is 11.9. The van der Waals surface area contributed by atoms with Crippen LogP contribution >= 0.6 is 34.8 Å². The molecule has 0 spiro atoms. The molecule has 0 aromatic carbocycles. The number of aliphatic imine (C=N–C) groups is 1. The van der Waals surface area contributed by atoms with Crippen LogP contribution in [0, 0.1) is 11.3 Å². The van der Waals surface area contributed by atoms with E-state index in [0.717, 1.165) is 12.8 Å². The van der Waals surface area contributed by atoms with E-state index in [1.807, 2.05) is 13.8 Å². The summed E-state index contributed by atoms with van der Waals surface area (Å²) >= 11 is 16.7. The number of fused-ring (bicyclic) bond motifs is 1. The van der Waals surface area contributed by atoms with E-state index in [-0.39, 0.29) is 65.0 Å². The number of halogens is 3. The van der Waals surface area contributed by atoms with Crippen molar-refractivity contribution in [3.05, 3.63) is 0 Å². The number of aliphatic hydroxyl groups is 4. The van der Waals surface area contributed by atoms with Crippen molar-refractivity contribution < 1.29 is 44.2 Å². The summed E-state index contributed by atoms with van der Waals surface area (Å²) in [6.45, 7) is 5.13. The molecular formula is C19H31Cl3N2Na2O9. The second-order valence-corrected chi connectivity index (χ2v) is 10.4. The van der Waals surface area contributed by atoms with E-state index >= 15 is 0 Å². The van der Waals surface area contributed by atoms with Gasteiger partial charge in [0.25, 0.3) is 11.9 Å². The van der Waals surface area contributed by atoms with Crippen molar-refractivity contribution in [1.29, 1.82) is 0 Å². The molecule has 2 amide bonds. The maximum absolute atomic E-state index is 11.9. The van der Waals surface area contributed by atoms with Crippen LogP contribution in [0.15, 0.2) is 4.99 Å². The van der Waals surface area contributed by atoms with Crippen LogP contribution < -0.4 is 5.32 Å². The fourth-order valence-electron chi connectivity index (χ4n) is 4.10. The number of nitrogens with zero attached hydrogens (tertiary/aromatic N) is 1. The summed E-state index contributed by atoms with van der Waals surface area (Å²) in [6.07, 6.45) is -4.25. The van der Waals surface area contributed by atoms with Crippen molar-refractivity contribution in [2.45, 2.75) is 80.8 Å². The fourth-order valence-corrected chi connectivity index (χ4v) is 4.40. The van der Waals surface area contributed by atoms with Gasteiger partial charge in [-0.3, -0.25) is 14.9 Å². The Kier molecular flexibility index (Phi) is 15.7. The minimum absolute atomic E-state index is 0. The van der Waals surface area contributed by atoms with Crippen LogP contribution in [0.3, 0.4) is 0 Å². The predicted octanol–water partition coefficient (Wildman–Crippen LogP) is -0.370. The molecule has 0 aromatic rings. The Bertz CT molecular complexity index is 762. The van der Waals surface area contributed by atoms with Crippen LogP contribution in [0.4, 0.5) is 0 Å². The van der Waals surface area contributed by atoms with E-state index in [1.54, 1.807) is 6.92 Å². The number of hydrogen-bond acceptors (Lipinski definition) is 8. The van der Waals surface area contributed by atoms with E-state index in [1.165, 1.54) is 0 Å². The van der Waals surface area contributed by atoms with E-state index in [0.29, 0.717) is 6.42 Å². The first-order valence-corrected chi connectivity index (χ1v) is 11.6. The van der Waals surface area contributed by atoms with Gasteiger partial charge >= 0.3 is 59.1 Å². The Labute approximate surface area is 262 Å². The van der Waals surface area contributed by atoms with Gasteiger partial charge in [-0.2, -0.15) is 4.99 Å². The molecule has 16 heteroatoms. The van der Waals surface area contributed by atoms with Gasteiger partial charge in [-0.05, 0) is 18.8 Å². The number of carbonyl (C=O) groups excluding carboxylic acids is 2. The summed E-state index contributed by atoms with van der Waals surface area (Å²) in [4.78, 5) is 27.2. The van der Waals surface area contributed by atoms with Crippen molar-refractivity contribution in [2.75, 3.05) is 6.61 Å². The van der Waals surface area contributed by atoms with Gasteiger partial charge in [0.1, 0.15) is 29.8 Å². The van der Waals surface area contributed by atoms with Crippen molar-refractivity contribution >= 4 is 112 Å². The van der Waals surface area contributed by atoms with Crippen LogP contribution in [0.1, 0.15) is 40.0 Å². The van der Waals surface area contributed by atoms with Gasteiger partial charge in [0.05, 0.1) is 6.61 Å². The molecule has 3 rings (SSSR count). The van der Waals surface area contributed by atoms with E-state index in [4.69, 9.17) is 59.2 Å². The second-order valence-electron chi connectivity index (χ2n) is 8.03. The molecule has 2 unspecified atom stereocenters. The quantitative estimate of drug-likeness (QED) is 0.159. The molecule has 3 aliphatic rings. The van der Waals surface area contributed by atoms with Crippen LogP contribution in [-0.4, -0.2) is 145 Å². The second kappa shape index (κ2) is 15.1. The molecule has 194 valence electrons. The third kappa shape index (κ3) is 8.12. The number of carbonyl (C=O) groups is 2. The van der Waals surface area contributed by atoms with Crippen molar-refractivity contribution in [2.24, 2.45) is 16.3 Å². The van der Waals surface area contributed by atoms with Crippen molar-refractivity contribution in [3.63, 3.8) is 0 Å². The van der Waals surface area contributed by atoms with Gasteiger partial charge in [-0.1, -0.05) is 62.0 Å². The normalized spacial score (nSPS) is 33.7. The van der Waals surface area contributed by atoms with E-state index in [2.05, 4.69) is 10.3 Å². The van der Waals surface area contributed by atoms with Crippen molar-refractivity contribution in [1.82, 2.24) is 5.32 Å². The first kappa shape index (κ1) is 36.2. The number of nitrogens with one attached hydrogen (secondary N) is 1. The number of alkyl halides is 3. The van der Waals surface area contributed by atoms with E-state index in [9.17, 15) is 19.8 Å². The summed E-state index contributed by atoms with van der Waals surface area (Å²) in [5.41, 5.74) is -1.11. The molecular weight excluding hydrogens is 553 g/mol. The Balaban J connectivity index is 0.000000626. The molecule has 0 aliphatic carbocycles. The molecule has 35 heavy (non-hydrogen) atoms. The standard InChI is InChI=1S/C11H18N2O3.C8H11Cl3O6.2Na.2H/c1-4-6-7(3)11(5-2)8(14)12-10(16)13-9(11)15;9-8(10,11)7-16-5-3(14)4(2(13)1-12)15-6(5)17-7;;;;/h7H,4-6H2,1-3H3,(H2,12,13,14,15,16);2-7,12-14H,1H2;;;;/t;2-,3+,4-,5-,6-,7-;;;;/m.1..../s1. The van der Waals surface area contributed by atoms with Gasteiger partial charge in [-0.15, -0.1) is 0 Å². The Morgan fingerprint density at radius 3 is 2.20 bits per heavy atom. The number of amides is 2. The van der Waals surface area contributed by atoms with Gasteiger partial charge in [0, 0.05) is 0 Å². The zero-order valence-electron chi connectivity index (χ0n) is 18.3. The summed E-state index contributed by atoms with van der Waals surface area (Å²) < 4.78 is 13.8. The predicted molar refractivity (Wildman–Crippen MR) is 132 cm³/mol. The SMILES string of the molecule is CCCC(C)C1(CC)C(=O)N=C(O)NC1=O.OC[C@@H](O)[C@H]1O[C@@H]2O[C@H](C(Cl)(Cl)Cl)O[C@@H]2[C@H]1O.[NaH].[NaH]. The topological polar surface area (TPSA) is 167 Å². The molecule has 0 bridgehead atoms. The van der Waals surface area contributed by atoms with Crippen LogP contribution in [0.5, 0.6) is 0 Å². The molecule has 8 atom stereocenters. The number of aliphatic hydroxyl groups excluding tert-OH is 4. The van der Waals surface area contributed by atoms with Gasteiger partial charge < -0.3 is 34.6 Å². The molecule has 0 saturated carbocycles. The molecule has 3 aliphatic heterocycles. The molecule has 0 aromatic heterocycles. The van der Waals surface area contributed by atoms with Gasteiger partial charge in [0.15, 0.2) is 6.29 Å². The number of amidine groups is 1. The molecule has 3 heterocycles. The first-order valence-electron chi connectivity index (χ1n) is 10.5. The zero-order valence-corrected chi connectivity index (χ0v) is 20.5. The van der Waals surface area contributed by atoms with E-state index < -0.39 is 70.6 Å². The third-order valence-electron chi connectivity index (χ3n) is 5.94. The molecule has 2 fully saturated rings. The van der Waals surface area contributed by atoms with Crippen LogP contribution in [0.2, 0.25) is 0 Å². The molecule has 0 radical (unpaired) electrons. The summed E-state index contributed by atoms with van der Waals surface area (Å²) in [5, 5.41) is 39.3. The average molecular weight is 584 g/mol. The zero-order chi connectivity index (χ0) is 25.1. The number of hydrogen-bond donors (Lipinski definition) is 5. The van der Waals surface area contributed by atoms with Crippen LogP contribution in [0.25, 0.3) is 0 Å². The third-order valence-corrected chi connectivity index (χ3v) is 6.48. The monoisotopic (exact) mass is 582 g/mol. The van der Waals surface area contributed by atoms with Gasteiger partial charge in [-0.25, -0.2) is 0 Å². The number of rotatable bonds is 6. The molecule has 11 nitrogen and oxygen atoms in total. The Hall–Kier alpha value is 1.24. The minimum atomic E-state index is -1.79. The average Bonchev–Trinajstić information content (AvgIpc) is 3.28. The number of ether oxygens (including phenoxy) is 3. The Morgan fingerprint density at radius 1 is 1.17 bits per heavy atom. The molecule has 2 saturated heterocycles. The molecule has 5 N–H and O–H groups in total. The summed E-state index contributed by atoms with van der Waals surface area (Å²) in [5.74, 6) is -1.04. The van der Waals surface area contributed by atoms with Crippen LogP contribution in [-0.2, 0) is 23.8 Å². The summed E-state index contributed by atoms with van der Waals surface area (Å²) in [6, 6.07) is -0.595. The first-order chi connectivity index (χ1) is 15.3. The van der Waals surface area contributed by atoms with Gasteiger partial charge in [0.2, 0.25) is 16.0 Å².